The average molecular weight is 447 g/mol. The van der Waals surface area contributed by atoms with Gasteiger partial charge in [0.05, 0.1) is 24.4 Å². The normalized spacial score (nSPS) is 20.4. The Hall–Kier alpha value is -2.95. The first-order chi connectivity index (χ1) is 14.7. The van der Waals surface area contributed by atoms with Gasteiger partial charge in [-0.05, 0) is 42.6 Å². The van der Waals surface area contributed by atoms with E-state index in [1.807, 2.05) is 13.0 Å². The number of fused-ring (bicyclic) bond motifs is 1. The number of halogens is 1. The van der Waals surface area contributed by atoms with Crippen LogP contribution in [0.1, 0.15) is 5.56 Å². The average Bonchev–Trinajstić information content (AvgIpc) is 3.07. The number of ether oxygens (including phenoxy) is 2. The molecule has 0 amide bonds. The van der Waals surface area contributed by atoms with Crippen molar-refractivity contribution in [2.75, 3.05) is 29.5 Å². The van der Waals surface area contributed by atoms with Gasteiger partial charge >= 0.3 is 0 Å². The number of aromatic nitrogens is 2. The molecule has 2 aromatic carbocycles. The molecule has 3 aromatic rings. The number of aliphatic hydroxyl groups is 1. The molecule has 0 saturated carbocycles. The molecule has 1 aliphatic heterocycles. The van der Waals surface area contributed by atoms with Crippen LogP contribution in [0.15, 0.2) is 36.7 Å². The molecule has 0 radical (unpaired) electrons. The van der Waals surface area contributed by atoms with E-state index in [1.165, 1.54) is 24.7 Å². The van der Waals surface area contributed by atoms with Crippen molar-refractivity contribution in [3.63, 3.8) is 0 Å². The first-order valence-corrected chi connectivity index (χ1v) is 11.7. The molecule has 3 atom stereocenters. The molecule has 0 spiro atoms. The van der Waals surface area contributed by atoms with Crippen LogP contribution in [0.5, 0.6) is 5.75 Å². The van der Waals surface area contributed by atoms with Crippen LogP contribution < -0.4 is 14.8 Å². The molecule has 8 nitrogen and oxygen atoms in total. The van der Waals surface area contributed by atoms with E-state index in [-0.39, 0.29) is 19.0 Å². The van der Waals surface area contributed by atoms with Gasteiger partial charge < -0.3 is 24.6 Å². The Morgan fingerprint density at radius 1 is 1.29 bits per heavy atom. The van der Waals surface area contributed by atoms with E-state index in [1.54, 1.807) is 12.1 Å². The lowest BCUT2D eigenvalue weighted by Gasteiger charge is -2.19. The monoisotopic (exact) mass is 446 g/mol. The quantitative estimate of drug-likeness (QED) is 0.500. The Morgan fingerprint density at radius 3 is 2.81 bits per heavy atom. The van der Waals surface area contributed by atoms with Crippen molar-refractivity contribution >= 4 is 43.7 Å². The number of anilines is 3. The van der Waals surface area contributed by atoms with Crippen molar-refractivity contribution in [1.82, 2.24) is 9.97 Å². The van der Waals surface area contributed by atoms with Crippen LogP contribution in [0.3, 0.4) is 0 Å². The maximum Gasteiger partial charge on any atom is 0.150 e. The number of aliphatic hydroxyl groups excluding tert-OH is 1. The van der Waals surface area contributed by atoms with Gasteiger partial charge in [0.25, 0.3) is 0 Å². The van der Waals surface area contributed by atoms with Gasteiger partial charge in [-0.15, -0.1) is 0 Å². The van der Waals surface area contributed by atoms with E-state index in [4.69, 9.17) is 9.47 Å². The van der Waals surface area contributed by atoms with E-state index in [0.717, 1.165) is 10.9 Å². The van der Waals surface area contributed by atoms with Crippen LogP contribution >= 0.6 is 0 Å². The SMILES string of the molecule is C=S(C)(=O)Nc1cc(C)c2c(Nc3ccc(F)cc3OC3COCC3O)ncnc2c1. The van der Waals surface area contributed by atoms with Crippen LogP contribution in [0.25, 0.3) is 10.9 Å². The van der Waals surface area contributed by atoms with Gasteiger partial charge in [0.1, 0.15) is 29.8 Å². The molecule has 0 bridgehead atoms. The molecule has 4 rings (SSSR count). The topological polar surface area (TPSA) is 106 Å². The van der Waals surface area contributed by atoms with Gasteiger partial charge in [0.15, 0.2) is 6.10 Å². The Labute approximate surface area is 179 Å². The van der Waals surface area contributed by atoms with Crippen molar-refractivity contribution in [2.45, 2.75) is 19.1 Å². The van der Waals surface area contributed by atoms with Gasteiger partial charge in [-0.3, -0.25) is 0 Å². The first-order valence-electron chi connectivity index (χ1n) is 9.54. The zero-order valence-electron chi connectivity index (χ0n) is 17.1. The summed E-state index contributed by atoms with van der Waals surface area (Å²) in [5.74, 6) is 3.88. The summed E-state index contributed by atoms with van der Waals surface area (Å²) in [6.45, 7) is 2.28. The molecular weight excluding hydrogens is 423 g/mol. The molecule has 1 fully saturated rings. The molecule has 31 heavy (non-hydrogen) atoms. The van der Waals surface area contributed by atoms with E-state index < -0.39 is 27.7 Å². The summed E-state index contributed by atoms with van der Waals surface area (Å²) < 4.78 is 39.8. The van der Waals surface area contributed by atoms with Gasteiger partial charge in [-0.25, -0.2) is 18.6 Å². The molecular formula is C21H23FN4O4S. The number of nitrogens with one attached hydrogen (secondary N) is 2. The van der Waals surface area contributed by atoms with E-state index in [2.05, 4.69) is 25.9 Å². The third kappa shape index (κ3) is 4.87. The van der Waals surface area contributed by atoms with Crippen molar-refractivity contribution in [1.29, 1.82) is 0 Å². The second-order valence-electron chi connectivity index (χ2n) is 7.54. The second kappa shape index (κ2) is 8.29. The predicted octanol–water partition coefficient (Wildman–Crippen LogP) is 2.63. The number of hydrogen-bond donors (Lipinski definition) is 3. The molecule has 1 aliphatic rings. The smallest absolute Gasteiger partial charge is 0.150 e. The summed E-state index contributed by atoms with van der Waals surface area (Å²) in [6, 6.07) is 7.69. The van der Waals surface area contributed by atoms with Gasteiger partial charge in [-0.2, -0.15) is 0 Å². The summed E-state index contributed by atoms with van der Waals surface area (Å²) in [4.78, 5) is 8.66. The number of aryl methyl sites for hydroxylation is 1. The van der Waals surface area contributed by atoms with E-state index >= 15 is 0 Å². The number of benzene rings is 2. The number of rotatable bonds is 6. The lowest BCUT2D eigenvalue weighted by Crippen LogP contribution is -2.30. The maximum absolute atomic E-state index is 13.9. The highest BCUT2D eigenvalue weighted by molar-refractivity contribution is 8.00. The van der Waals surface area contributed by atoms with Gasteiger partial charge in [0.2, 0.25) is 0 Å². The minimum Gasteiger partial charge on any atom is -0.483 e. The molecule has 2 heterocycles. The summed E-state index contributed by atoms with van der Waals surface area (Å²) in [5, 5.41) is 13.9. The van der Waals surface area contributed by atoms with Crippen LogP contribution in [0.2, 0.25) is 0 Å². The molecule has 1 saturated heterocycles. The van der Waals surface area contributed by atoms with Gasteiger partial charge in [-0.1, -0.05) is 0 Å². The zero-order valence-corrected chi connectivity index (χ0v) is 17.9. The first kappa shape index (κ1) is 21.3. The Morgan fingerprint density at radius 2 is 2.10 bits per heavy atom. The van der Waals surface area contributed by atoms with Crippen LogP contribution in [0.4, 0.5) is 21.6 Å². The highest BCUT2D eigenvalue weighted by Crippen LogP contribution is 2.34. The molecule has 10 heteroatoms. The third-order valence-electron chi connectivity index (χ3n) is 4.74. The minimum absolute atomic E-state index is 0.173. The summed E-state index contributed by atoms with van der Waals surface area (Å²) in [6.07, 6.45) is 1.54. The third-order valence-corrected chi connectivity index (χ3v) is 5.41. The summed E-state index contributed by atoms with van der Waals surface area (Å²) in [5.41, 5.74) is 2.60. The van der Waals surface area contributed by atoms with E-state index in [0.29, 0.717) is 22.7 Å². The highest BCUT2D eigenvalue weighted by atomic mass is 32.2. The largest absolute Gasteiger partial charge is 0.483 e. The molecule has 0 aliphatic carbocycles. The zero-order chi connectivity index (χ0) is 22.2. The number of nitrogens with zero attached hydrogens (tertiary/aromatic N) is 2. The summed E-state index contributed by atoms with van der Waals surface area (Å²) in [7, 11) is -2.44. The van der Waals surface area contributed by atoms with Crippen molar-refractivity contribution in [2.24, 2.45) is 0 Å². The highest BCUT2D eigenvalue weighted by Gasteiger charge is 2.29. The van der Waals surface area contributed by atoms with Crippen molar-refractivity contribution in [3.05, 3.63) is 48.0 Å². The molecule has 3 unspecified atom stereocenters. The van der Waals surface area contributed by atoms with Crippen molar-refractivity contribution in [3.8, 4) is 5.75 Å². The molecule has 1 aromatic heterocycles. The van der Waals surface area contributed by atoms with Crippen LogP contribution in [-0.2, 0) is 14.4 Å². The van der Waals surface area contributed by atoms with Gasteiger partial charge in [0, 0.05) is 33.1 Å². The van der Waals surface area contributed by atoms with Crippen LogP contribution in [0, 0.1) is 12.7 Å². The Bertz CT molecular complexity index is 1240. The maximum atomic E-state index is 13.9. The lowest BCUT2D eigenvalue weighted by molar-refractivity contribution is 0.0736. The Kier molecular flexibility index (Phi) is 5.69. The fraction of sp³-hybridized carbons (Fsp3) is 0.286. The fourth-order valence-corrected chi connectivity index (χ4v) is 4.03. The van der Waals surface area contributed by atoms with Crippen LogP contribution in [-0.4, -0.2) is 56.8 Å². The second-order valence-corrected chi connectivity index (χ2v) is 9.76. The Balaban J connectivity index is 1.70. The molecule has 3 N–H and O–H groups in total. The standard InChI is InChI=1S/C21H23FN4O4S/c1-12-6-14(26-31(2,3)28)8-16-20(12)21(24-11-23-16)25-15-5-4-13(22)7-18(15)30-19-10-29-9-17(19)27/h4-8,11,17,19,27H,2,9-10H2,1,3H3,(H,26,28)(H,23,24,25). The molecule has 164 valence electrons. The number of hydrogen-bond acceptors (Lipinski definition) is 7. The lowest BCUT2D eigenvalue weighted by atomic mass is 10.1. The van der Waals surface area contributed by atoms with E-state index in [9.17, 15) is 13.7 Å². The fourth-order valence-electron chi connectivity index (χ4n) is 3.42. The predicted molar refractivity (Wildman–Crippen MR) is 120 cm³/mol. The minimum atomic E-state index is -2.44. The summed E-state index contributed by atoms with van der Waals surface area (Å²) >= 11 is 0. The van der Waals surface area contributed by atoms with Crippen molar-refractivity contribution < 1.29 is 23.2 Å².